The van der Waals surface area contributed by atoms with Gasteiger partial charge in [0.25, 0.3) is 0 Å². The quantitative estimate of drug-likeness (QED) is 0.179. The second-order valence-electron chi connectivity index (χ2n) is 9.70. The maximum Gasteiger partial charge on any atom is 0.460 e. The molecule has 3 aromatic rings. The van der Waals surface area contributed by atoms with E-state index in [-0.39, 0.29) is 11.4 Å². The summed E-state index contributed by atoms with van der Waals surface area (Å²) >= 11 is 0. The van der Waals surface area contributed by atoms with Crippen LogP contribution in [0, 0.1) is 0 Å². The van der Waals surface area contributed by atoms with Crippen molar-refractivity contribution in [2.24, 2.45) is 0 Å². The highest BCUT2D eigenvalue weighted by Gasteiger charge is 2.95. The Morgan fingerprint density at radius 1 is 0.667 bits per heavy atom. The lowest BCUT2D eigenvalue weighted by atomic mass is 9.88. The lowest BCUT2D eigenvalue weighted by molar-refractivity contribution is -0.461. The van der Waals surface area contributed by atoms with Crippen LogP contribution < -0.4 is 0 Å². The van der Waals surface area contributed by atoms with E-state index in [1.165, 1.54) is 0 Å². The van der Waals surface area contributed by atoms with Crippen LogP contribution in [0.2, 0.25) is 0 Å². The third-order valence-electron chi connectivity index (χ3n) is 6.55. The maximum absolute atomic E-state index is 14.3. The molecule has 0 amide bonds. The highest BCUT2D eigenvalue weighted by atomic mass is 19.4. The Balaban J connectivity index is 1.92. The molecule has 0 aliphatic rings. The summed E-state index contributed by atoms with van der Waals surface area (Å²) in [7, 11) is 0. The lowest BCUT2D eigenvalue weighted by Gasteiger charge is -2.42. The van der Waals surface area contributed by atoms with Crippen molar-refractivity contribution in [1.82, 2.24) is 20.0 Å². The molecule has 45 heavy (non-hydrogen) atoms. The van der Waals surface area contributed by atoms with Gasteiger partial charge in [-0.05, 0) is 24.1 Å². The second kappa shape index (κ2) is 11.1. The Labute approximate surface area is 240 Å². The minimum Gasteiger partial charge on any atom is -0.252 e. The molecule has 2 heterocycles. The van der Waals surface area contributed by atoms with Crippen LogP contribution in [0.15, 0.2) is 36.5 Å². The van der Waals surface area contributed by atoms with Gasteiger partial charge in [-0.25, -0.2) is 4.98 Å². The van der Waals surface area contributed by atoms with Crippen molar-refractivity contribution >= 4 is 10.9 Å². The van der Waals surface area contributed by atoms with E-state index < -0.39 is 60.6 Å². The van der Waals surface area contributed by atoms with Gasteiger partial charge < -0.3 is 0 Å². The van der Waals surface area contributed by atoms with E-state index >= 15 is 0 Å². The van der Waals surface area contributed by atoms with Crippen molar-refractivity contribution < 1.29 is 74.6 Å². The van der Waals surface area contributed by atoms with E-state index in [4.69, 9.17) is 0 Å². The number of nitrogens with zero attached hydrogens (tertiary/aromatic N) is 4. The predicted octanol–water partition coefficient (Wildman–Crippen LogP) is 8.85. The summed E-state index contributed by atoms with van der Waals surface area (Å²) in [6, 6.07) is 8.25. The van der Waals surface area contributed by atoms with Crippen LogP contribution in [0.4, 0.5) is 74.6 Å². The molecule has 0 N–H and O–H groups in total. The maximum atomic E-state index is 14.3. The fraction of sp³-hybridized carbons (Fsp3) is 0.542. The number of rotatable bonds is 12. The fourth-order valence-electron chi connectivity index (χ4n) is 3.97. The summed E-state index contributed by atoms with van der Waals surface area (Å²) < 4.78 is 229. The zero-order valence-corrected chi connectivity index (χ0v) is 22.0. The van der Waals surface area contributed by atoms with Crippen LogP contribution in [0.1, 0.15) is 25.3 Å². The van der Waals surface area contributed by atoms with Crippen molar-refractivity contribution in [3.05, 3.63) is 42.1 Å². The number of benzene rings is 1. The summed E-state index contributed by atoms with van der Waals surface area (Å²) in [5.74, 6) is -56.6. The average molecular weight is 684 g/mol. The van der Waals surface area contributed by atoms with Gasteiger partial charge >= 0.3 is 47.6 Å². The molecule has 0 fully saturated rings. The first-order chi connectivity index (χ1) is 20.2. The molecule has 3 rings (SSSR count). The van der Waals surface area contributed by atoms with Crippen molar-refractivity contribution in [3.8, 4) is 11.4 Å². The lowest BCUT2D eigenvalue weighted by Crippen LogP contribution is -2.74. The zero-order chi connectivity index (χ0) is 34.7. The number of hydrogen-bond donors (Lipinski definition) is 0. The van der Waals surface area contributed by atoms with Crippen LogP contribution in [-0.2, 0) is 13.0 Å². The molecule has 0 saturated carbocycles. The summed E-state index contributed by atoms with van der Waals surface area (Å²) in [4.78, 5) is 4.34. The predicted molar refractivity (Wildman–Crippen MR) is 120 cm³/mol. The smallest absolute Gasteiger partial charge is 0.252 e. The monoisotopic (exact) mass is 684 g/mol. The van der Waals surface area contributed by atoms with Crippen LogP contribution >= 0.6 is 0 Å². The number of aryl methyl sites for hydroxylation is 2. The molecule has 1 aromatic carbocycles. The number of aromatic nitrogens is 4. The van der Waals surface area contributed by atoms with Gasteiger partial charge in [0.15, 0.2) is 0 Å². The van der Waals surface area contributed by atoms with E-state index in [1.807, 2.05) is 0 Å². The topological polar surface area (TPSA) is 43.6 Å². The molecule has 0 unspecified atom stereocenters. The Morgan fingerprint density at radius 3 is 1.71 bits per heavy atom. The van der Waals surface area contributed by atoms with Gasteiger partial charge in [-0.1, -0.05) is 36.8 Å². The minimum atomic E-state index is -8.66. The molecule has 252 valence electrons. The molecule has 0 saturated heterocycles. The number of fused-ring (bicyclic) bond motifs is 1. The van der Waals surface area contributed by atoms with Crippen LogP contribution in [0.5, 0.6) is 0 Å². The van der Waals surface area contributed by atoms with Gasteiger partial charge in [-0.2, -0.15) is 74.6 Å². The molecule has 0 atom stereocenters. The third-order valence-corrected chi connectivity index (χ3v) is 6.55. The summed E-state index contributed by atoms with van der Waals surface area (Å²) in [6.07, 6.45) is -8.73. The Morgan fingerprint density at radius 2 is 1.18 bits per heavy atom. The summed E-state index contributed by atoms with van der Waals surface area (Å²) in [5.41, 5.74) is 0.884. The first-order valence-electron chi connectivity index (χ1n) is 12.2. The molecule has 0 bridgehead atoms. The number of hydrogen-bond acceptors (Lipinski definition) is 3. The zero-order valence-electron chi connectivity index (χ0n) is 22.0. The number of halogens is 17. The summed E-state index contributed by atoms with van der Waals surface area (Å²) in [5, 5.41) is 7.56. The standard InChI is InChI=1S/C24H17F17N4/c1-2-5-13-10-12-6-3-4-7-14(12)42-16(13)15-11-45(44-43-15)9-8-17(25,26)18(27,28)19(29,30)20(31,32)21(33,34)22(35,36)23(37,38)24(39,40)41/h3-4,6-7,10-11H,2,5,8-9H2,1H3. The second-order valence-corrected chi connectivity index (χ2v) is 9.70. The molecule has 2 aromatic heterocycles. The van der Waals surface area contributed by atoms with E-state index in [1.54, 1.807) is 37.3 Å². The van der Waals surface area contributed by atoms with E-state index in [9.17, 15) is 74.6 Å². The van der Waals surface area contributed by atoms with E-state index in [0.717, 1.165) is 6.20 Å². The SMILES string of the molecule is CCCc1cc2ccccc2nc1-c1cn(CCC(F)(F)C(F)(F)C(F)(F)C(F)(F)C(F)(F)C(F)(F)C(F)(F)C(F)(F)F)nn1. The first-order valence-corrected chi connectivity index (χ1v) is 12.2. The molecule has 0 radical (unpaired) electrons. The van der Waals surface area contributed by atoms with Crippen LogP contribution in [0.3, 0.4) is 0 Å². The minimum absolute atomic E-state index is 0.115. The van der Waals surface area contributed by atoms with Crippen molar-refractivity contribution in [2.75, 3.05) is 0 Å². The molecular formula is C24H17F17N4. The highest BCUT2D eigenvalue weighted by Crippen LogP contribution is 2.64. The van der Waals surface area contributed by atoms with Crippen LogP contribution in [0.25, 0.3) is 22.3 Å². The van der Waals surface area contributed by atoms with Gasteiger partial charge in [-0.15, -0.1) is 5.10 Å². The molecular weight excluding hydrogens is 667 g/mol. The normalized spacial score (nSPS) is 14.8. The van der Waals surface area contributed by atoms with E-state index in [2.05, 4.69) is 15.3 Å². The Kier molecular flexibility index (Phi) is 8.92. The Hall–Kier alpha value is -3.42. The van der Waals surface area contributed by atoms with Crippen molar-refractivity contribution in [1.29, 1.82) is 0 Å². The highest BCUT2D eigenvalue weighted by molar-refractivity contribution is 5.82. The van der Waals surface area contributed by atoms with Crippen molar-refractivity contribution in [2.45, 2.75) is 80.4 Å². The molecule has 0 aliphatic heterocycles. The number of para-hydroxylation sites is 1. The van der Waals surface area contributed by atoms with Gasteiger partial charge in [-0.3, -0.25) is 4.68 Å². The molecule has 21 heteroatoms. The van der Waals surface area contributed by atoms with Crippen LogP contribution in [-0.4, -0.2) is 67.6 Å². The van der Waals surface area contributed by atoms with Crippen molar-refractivity contribution in [3.63, 3.8) is 0 Å². The van der Waals surface area contributed by atoms with E-state index in [0.29, 0.717) is 34.0 Å². The average Bonchev–Trinajstić information content (AvgIpc) is 3.39. The van der Waals surface area contributed by atoms with Gasteiger partial charge in [0.1, 0.15) is 5.69 Å². The Bertz CT molecular complexity index is 1510. The number of pyridine rings is 1. The third kappa shape index (κ3) is 5.52. The van der Waals surface area contributed by atoms with Gasteiger partial charge in [0.2, 0.25) is 0 Å². The largest absolute Gasteiger partial charge is 0.460 e. The van der Waals surface area contributed by atoms with Gasteiger partial charge in [0, 0.05) is 18.4 Å². The fourth-order valence-corrected chi connectivity index (χ4v) is 3.97. The molecule has 4 nitrogen and oxygen atoms in total. The molecule has 0 aliphatic carbocycles. The van der Waals surface area contributed by atoms with Gasteiger partial charge in [0.05, 0.1) is 17.4 Å². The number of alkyl halides is 17. The first kappa shape index (κ1) is 36.1. The molecule has 0 spiro atoms. The summed E-state index contributed by atoms with van der Waals surface area (Å²) in [6.45, 7) is 0.183.